The molecule has 0 atom stereocenters. The van der Waals surface area contributed by atoms with Gasteiger partial charge in [0.15, 0.2) is 0 Å². The SMILES string of the molecule is CNc1cc(C)c(NC(=O)OCc2ccccc2)c2ccncc12. The fourth-order valence-corrected chi connectivity index (χ4v) is 2.64. The summed E-state index contributed by atoms with van der Waals surface area (Å²) < 4.78 is 5.31. The molecule has 0 aliphatic heterocycles. The number of ether oxygens (including phenoxy) is 1. The standard InChI is InChI=1S/C19H19N3O2/c1-13-10-17(20-2)16-11-21-9-8-15(16)18(13)22-19(23)24-12-14-6-4-3-5-7-14/h3-11,20H,12H2,1-2H3,(H,22,23). The third-order valence-electron chi connectivity index (χ3n) is 3.84. The molecule has 1 heterocycles. The van der Waals surface area contributed by atoms with Crippen LogP contribution in [0.3, 0.4) is 0 Å². The lowest BCUT2D eigenvalue weighted by Crippen LogP contribution is -2.15. The van der Waals surface area contributed by atoms with Gasteiger partial charge >= 0.3 is 6.09 Å². The Labute approximate surface area is 140 Å². The van der Waals surface area contributed by atoms with Crippen molar-refractivity contribution >= 4 is 28.2 Å². The molecule has 0 aliphatic rings. The molecular weight excluding hydrogens is 302 g/mol. The van der Waals surface area contributed by atoms with E-state index in [0.717, 1.165) is 33.3 Å². The molecule has 5 nitrogen and oxygen atoms in total. The number of aryl methyl sites for hydroxylation is 1. The zero-order chi connectivity index (χ0) is 16.9. The highest BCUT2D eigenvalue weighted by Crippen LogP contribution is 2.32. The van der Waals surface area contributed by atoms with Gasteiger partial charge < -0.3 is 10.1 Å². The minimum atomic E-state index is -0.475. The summed E-state index contributed by atoms with van der Waals surface area (Å²) >= 11 is 0. The Hall–Kier alpha value is -3.08. The highest BCUT2D eigenvalue weighted by Gasteiger charge is 2.12. The van der Waals surface area contributed by atoms with Crippen molar-refractivity contribution in [3.8, 4) is 0 Å². The molecule has 0 radical (unpaired) electrons. The number of aromatic nitrogens is 1. The average molecular weight is 321 g/mol. The van der Waals surface area contributed by atoms with E-state index in [0.29, 0.717) is 0 Å². The van der Waals surface area contributed by atoms with E-state index in [1.165, 1.54) is 0 Å². The summed E-state index contributed by atoms with van der Waals surface area (Å²) in [6.45, 7) is 2.19. The van der Waals surface area contributed by atoms with Crippen LogP contribution in [0.4, 0.5) is 16.2 Å². The van der Waals surface area contributed by atoms with E-state index in [4.69, 9.17) is 4.74 Å². The van der Waals surface area contributed by atoms with Gasteiger partial charge in [0.05, 0.1) is 5.69 Å². The second kappa shape index (κ2) is 7.00. The number of carbonyl (C=O) groups excluding carboxylic acids is 1. The maximum absolute atomic E-state index is 12.2. The Morgan fingerprint density at radius 3 is 2.71 bits per heavy atom. The van der Waals surface area contributed by atoms with Crippen molar-refractivity contribution in [1.82, 2.24) is 4.98 Å². The van der Waals surface area contributed by atoms with Gasteiger partial charge in [-0.05, 0) is 30.2 Å². The zero-order valence-electron chi connectivity index (χ0n) is 13.7. The van der Waals surface area contributed by atoms with E-state index in [1.54, 1.807) is 12.4 Å². The first-order valence-corrected chi connectivity index (χ1v) is 7.72. The number of hydrogen-bond acceptors (Lipinski definition) is 4. The Morgan fingerprint density at radius 2 is 1.96 bits per heavy atom. The van der Waals surface area contributed by atoms with Gasteiger partial charge in [-0.2, -0.15) is 0 Å². The fraction of sp³-hybridized carbons (Fsp3) is 0.158. The highest BCUT2D eigenvalue weighted by atomic mass is 16.5. The number of rotatable bonds is 4. The van der Waals surface area contributed by atoms with Crippen molar-refractivity contribution in [3.05, 3.63) is 66.0 Å². The molecule has 0 saturated carbocycles. The summed E-state index contributed by atoms with van der Waals surface area (Å²) in [5.74, 6) is 0. The van der Waals surface area contributed by atoms with Gasteiger partial charge in [-0.25, -0.2) is 4.79 Å². The van der Waals surface area contributed by atoms with E-state index < -0.39 is 6.09 Å². The van der Waals surface area contributed by atoms with Gasteiger partial charge in [0.1, 0.15) is 6.61 Å². The highest BCUT2D eigenvalue weighted by molar-refractivity contribution is 6.06. The van der Waals surface area contributed by atoms with Crippen LogP contribution in [0.2, 0.25) is 0 Å². The van der Waals surface area contributed by atoms with E-state index in [9.17, 15) is 4.79 Å². The first kappa shape index (κ1) is 15.8. The first-order chi connectivity index (χ1) is 11.7. The second-order valence-electron chi connectivity index (χ2n) is 5.47. The number of fused-ring (bicyclic) bond motifs is 1. The average Bonchev–Trinajstić information content (AvgIpc) is 2.63. The van der Waals surface area contributed by atoms with Gasteiger partial charge in [0.2, 0.25) is 0 Å². The Kier molecular flexibility index (Phi) is 4.61. The van der Waals surface area contributed by atoms with Crippen molar-refractivity contribution in [1.29, 1.82) is 0 Å². The molecule has 122 valence electrons. The molecule has 2 N–H and O–H groups in total. The molecule has 0 bridgehead atoms. The topological polar surface area (TPSA) is 63.2 Å². The van der Waals surface area contributed by atoms with E-state index in [1.807, 2.05) is 56.4 Å². The molecule has 3 rings (SSSR count). The predicted molar refractivity (Wildman–Crippen MR) is 96.3 cm³/mol. The summed E-state index contributed by atoms with van der Waals surface area (Å²) in [7, 11) is 1.86. The van der Waals surface area contributed by atoms with E-state index in [-0.39, 0.29) is 6.61 Å². The molecule has 2 aromatic carbocycles. The zero-order valence-corrected chi connectivity index (χ0v) is 13.7. The van der Waals surface area contributed by atoms with Crippen LogP contribution in [0.1, 0.15) is 11.1 Å². The molecule has 0 saturated heterocycles. The third-order valence-corrected chi connectivity index (χ3v) is 3.84. The molecule has 0 aliphatic carbocycles. The van der Waals surface area contributed by atoms with Gasteiger partial charge in [0.25, 0.3) is 0 Å². The smallest absolute Gasteiger partial charge is 0.411 e. The summed E-state index contributed by atoms with van der Waals surface area (Å²) in [5, 5.41) is 7.88. The minimum Gasteiger partial charge on any atom is -0.444 e. The Balaban J connectivity index is 1.82. The van der Waals surface area contributed by atoms with Crippen molar-refractivity contribution in [2.75, 3.05) is 17.7 Å². The summed E-state index contributed by atoms with van der Waals surface area (Å²) in [6.07, 6.45) is 3.01. The summed E-state index contributed by atoms with van der Waals surface area (Å²) in [6, 6.07) is 13.5. The number of amides is 1. The molecule has 0 fully saturated rings. The van der Waals surface area contributed by atoms with Crippen LogP contribution < -0.4 is 10.6 Å². The van der Waals surface area contributed by atoms with Gasteiger partial charge in [-0.3, -0.25) is 10.3 Å². The van der Waals surface area contributed by atoms with Crippen LogP contribution >= 0.6 is 0 Å². The monoisotopic (exact) mass is 321 g/mol. The van der Waals surface area contributed by atoms with Crippen LogP contribution in [-0.4, -0.2) is 18.1 Å². The number of hydrogen-bond donors (Lipinski definition) is 2. The van der Waals surface area contributed by atoms with E-state index >= 15 is 0 Å². The maximum Gasteiger partial charge on any atom is 0.411 e. The minimum absolute atomic E-state index is 0.236. The van der Waals surface area contributed by atoms with Crippen LogP contribution in [0, 0.1) is 6.92 Å². The molecule has 1 aromatic heterocycles. The number of anilines is 2. The van der Waals surface area contributed by atoms with Crippen molar-refractivity contribution < 1.29 is 9.53 Å². The Bertz CT molecular complexity index is 863. The van der Waals surface area contributed by atoms with Crippen molar-refractivity contribution in [2.45, 2.75) is 13.5 Å². The normalized spacial score (nSPS) is 10.4. The van der Waals surface area contributed by atoms with Crippen molar-refractivity contribution in [2.24, 2.45) is 0 Å². The van der Waals surface area contributed by atoms with Crippen LogP contribution in [-0.2, 0) is 11.3 Å². The van der Waals surface area contributed by atoms with E-state index in [2.05, 4.69) is 15.6 Å². The second-order valence-corrected chi connectivity index (χ2v) is 5.47. The maximum atomic E-state index is 12.2. The number of carbonyl (C=O) groups is 1. The third kappa shape index (κ3) is 3.30. The quantitative estimate of drug-likeness (QED) is 0.750. The molecule has 0 unspecified atom stereocenters. The summed E-state index contributed by atoms with van der Waals surface area (Å²) in [5.41, 5.74) is 3.61. The van der Waals surface area contributed by atoms with Crippen LogP contribution in [0.25, 0.3) is 10.8 Å². The molecule has 24 heavy (non-hydrogen) atoms. The largest absolute Gasteiger partial charge is 0.444 e. The van der Waals surface area contributed by atoms with Gasteiger partial charge in [-0.15, -0.1) is 0 Å². The molecule has 1 amide bonds. The number of benzene rings is 2. The first-order valence-electron chi connectivity index (χ1n) is 7.72. The molecule has 3 aromatic rings. The number of nitrogens with zero attached hydrogens (tertiary/aromatic N) is 1. The molecular formula is C19H19N3O2. The number of pyridine rings is 1. The lowest BCUT2D eigenvalue weighted by molar-refractivity contribution is 0.155. The molecule has 5 heteroatoms. The van der Waals surface area contributed by atoms with Crippen LogP contribution in [0.15, 0.2) is 54.9 Å². The number of nitrogens with one attached hydrogen (secondary N) is 2. The fourth-order valence-electron chi connectivity index (χ4n) is 2.64. The van der Waals surface area contributed by atoms with Crippen LogP contribution in [0.5, 0.6) is 0 Å². The van der Waals surface area contributed by atoms with Gasteiger partial charge in [-0.1, -0.05) is 30.3 Å². The summed E-state index contributed by atoms with van der Waals surface area (Å²) in [4.78, 5) is 16.3. The lowest BCUT2D eigenvalue weighted by atomic mass is 10.0. The molecule has 0 spiro atoms. The van der Waals surface area contributed by atoms with Crippen molar-refractivity contribution in [3.63, 3.8) is 0 Å². The predicted octanol–water partition coefficient (Wildman–Crippen LogP) is 4.33. The van der Waals surface area contributed by atoms with Gasteiger partial charge in [0, 0.05) is 35.9 Å². The lowest BCUT2D eigenvalue weighted by Gasteiger charge is -2.15. The Morgan fingerprint density at radius 1 is 1.17 bits per heavy atom.